The molecule has 3 heterocycles. The minimum Gasteiger partial charge on any atom is -0.457 e. The fourth-order valence-corrected chi connectivity index (χ4v) is 3.18. The molecule has 1 aromatic carbocycles. The number of carbonyl (C=O) groups is 1. The van der Waals surface area contributed by atoms with E-state index in [4.69, 9.17) is 4.74 Å². The number of rotatable bonds is 6. The first-order valence-corrected chi connectivity index (χ1v) is 8.61. The molecular weight excluding hydrogens is 346 g/mol. The van der Waals surface area contributed by atoms with E-state index < -0.39 is 6.10 Å². The third kappa shape index (κ3) is 3.44. The zero-order valence-electron chi connectivity index (χ0n) is 14.8. The molecule has 27 heavy (non-hydrogen) atoms. The highest BCUT2D eigenvalue weighted by atomic mass is 16.5. The van der Waals surface area contributed by atoms with E-state index in [2.05, 4.69) is 20.4 Å². The summed E-state index contributed by atoms with van der Waals surface area (Å²) >= 11 is 0. The topological polar surface area (TPSA) is 102 Å². The molecule has 138 valence electrons. The summed E-state index contributed by atoms with van der Waals surface area (Å²) < 4.78 is 6.72. The maximum absolute atomic E-state index is 11.6. The zero-order chi connectivity index (χ0) is 18.8. The summed E-state index contributed by atoms with van der Waals surface area (Å²) in [5, 5.41) is 18.0. The summed E-state index contributed by atoms with van der Waals surface area (Å²) in [4.78, 5) is 19.8. The third-order valence-electron chi connectivity index (χ3n) is 4.65. The van der Waals surface area contributed by atoms with E-state index in [-0.39, 0.29) is 12.6 Å². The molecular formula is C19H19N5O3. The Balaban J connectivity index is 1.37. The molecule has 0 fully saturated rings. The number of nitrogens with one attached hydrogen (secondary N) is 1. The van der Waals surface area contributed by atoms with Gasteiger partial charge in [-0.25, -0.2) is 14.5 Å². The highest BCUT2D eigenvalue weighted by Crippen LogP contribution is 2.28. The maximum Gasteiger partial charge on any atom is 0.338 e. The molecule has 4 rings (SSSR count). The van der Waals surface area contributed by atoms with Gasteiger partial charge >= 0.3 is 5.97 Å². The molecule has 1 aliphatic heterocycles. The Morgan fingerprint density at radius 1 is 1.33 bits per heavy atom. The van der Waals surface area contributed by atoms with Crippen molar-refractivity contribution in [1.82, 2.24) is 25.1 Å². The first-order chi connectivity index (χ1) is 13.1. The molecule has 0 saturated heterocycles. The lowest BCUT2D eigenvalue weighted by Crippen LogP contribution is -2.21. The first-order valence-electron chi connectivity index (χ1n) is 8.61. The highest BCUT2D eigenvalue weighted by molar-refractivity contribution is 5.93. The van der Waals surface area contributed by atoms with Crippen molar-refractivity contribution >= 4 is 5.97 Å². The summed E-state index contributed by atoms with van der Waals surface area (Å²) in [6, 6.07) is 3.51. The quantitative estimate of drug-likeness (QED) is 0.638. The van der Waals surface area contributed by atoms with Gasteiger partial charge in [-0.1, -0.05) is 6.07 Å². The number of hydrogen-bond donors (Lipinski definition) is 2. The smallest absolute Gasteiger partial charge is 0.338 e. The molecule has 8 nitrogen and oxygen atoms in total. The van der Waals surface area contributed by atoms with Crippen LogP contribution in [0.15, 0.2) is 43.1 Å². The molecule has 0 spiro atoms. The van der Waals surface area contributed by atoms with E-state index in [1.54, 1.807) is 41.6 Å². The van der Waals surface area contributed by atoms with Crippen molar-refractivity contribution in [2.24, 2.45) is 0 Å². The van der Waals surface area contributed by atoms with E-state index in [9.17, 15) is 9.90 Å². The largest absolute Gasteiger partial charge is 0.457 e. The number of fused-ring (bicyclic) bond motifs is 1. The van der Waals surface area contributed by atoms with Gasteiger partial charge in [0.1, 0.15) is 6.61 Å². The second-order valence-corrected chi connectivity index (χ2v) is 6.39. The maximum atomic E-state index is 11.6. The van der Waals surface area contributed by atoms with Crippen LogP contribution in [0.25, 0.3) is 5.82 Å². The van der Waals surface area contributed by atoms with E-state index in [1.165, 1.54) is 0 Å². The van der Waals surface area contributed by atoms with Crippen LogP contribution in [0.3, 0.4) is 0 Å². The average molecular weight is 365 g/mol. The van der Waals surface area contributed by atoms with Crippen molar-refractivity contribution < 1.29 is 14.6 Å². The standard InChI is InChI=1S/C19H19N5O3/c1-12-14(2-3-15-16(12)11-27-19(15)26)17(25)8-21-6-13-7-23-24(10-13)18-9-20-4-5-22-18/h2-5,7,9-10,17,21,25H,6,8,11H2,1H3/t17-/m0/s1. The summed E-state index contributed by atoms with van der Waals surface area (Å²) in [5.74, 6) is 0.349. The molecule has 1 aliphatic rings. The average Bonchev–Trinajstić information content (AvgIpc) is 3.30. The van der Waals surface area contributed by atoms with Gasteiger partial charge in [-0.2, -0.15) is 5.10 Å². The van der Waals surface area contributed by atoms with Crippen molar-refractivity contribution in [3.05, 3.63) is 70.9 Å². The second kappa shape index (κ2) is 7.26. The Hall–Kier alpha value is -3.10. The first kappa shape index (κ1) is 17.3. The number of cyclic esters (lactones) is 1. The molecule has 0 aliphatic carbocycles. The lowest BCUT2D eigenvalue weighted by Gasteiger charge is -2.16. The Morgan fingerprint density at radius 3 is 3.04 bits per heavy atom. The van der Waals surface area contributed by atoms with Gasteiger partial charge in [-0.05, 0) is 24.1 Å². The summed E-state index contributed by atoms with van der Waals surface area (Å²) in [6.45, 7) is 3.12. The molecule has 1 atom stereocenters. The van der Waals surface area contributed by atoms with Crippen LogP contribution in [-0.4, -0.2) is 37.4 Å². The summed E-state index contributed by atoms with van der Waals surface area (Å²) in [5.41, 5.74) is 4.13. The van der Waals surface area contributed by atoms with Gasteiger partial charge in [0.25, 0.3) is 0 Å². The van der Waals surface area contributed by atoms with E-state index in [0.717, 1.165) is 22.3 Å². The van der Waals surface area contributed by atoms with Gasteiger partial charge in [-0.15, -0.1) is 0 Å². The molecule has 8 heteroatoms. The van der Waals surface area contributed by atoms with Gasteiger partial charge in [-0.3, -0.25) is 4.98 Å². The number of aliphatic hydroxyl groups excluding tert-OH is 1. The number of aliphatic hydroxyl groups is 1. The van der Waals surface area contributed by atoms with Crippen molar-refractivity contribution in [3.8, 4) is 5.82 Å². The van der Waals surface area contributed by atoms with Crippen LogP contribution in [0.2, 0.25) is 0 Å². The molecule has 2 aromatic heterocycles. The van der Waals surface area contributed by atoms with Crippen molar-refractivity contribution in [3.63, 3.8) is 0 Å². The molecule has 2 N–H and O–H groups in total. The van der Waals surface area contributed by atoms with Crippen LogP contribution in [0.1, 0.15) is 38.7 Å². The normalized spacial score (nSPS) is 14.1. The fraction of sp³-hybridized carbons (Fsp3) is 0.263. The number of hydrogen-bond acceptors (Lipinski definition) is 7. The lowest BCUT2D eigenvalue weighted by molar-refractivity contribution is 0.0535. The minimum atomic E-state index is -0.680. The monoisotopic (exact) mass is 365 g/mol. The fourth-order valence-electron chi connectivity index (χ4n) is 3.18. The van der Waals surface area contributed by atoms with Crippen LogP contribution in [-0.2, 0) is 17.9 Å². The number of esters is 1. The predicted molar refractivity (Wildman–Crippen MR) is 96.1 cm³/mol. The number of ether oxygens (including phenoxy) is 1. The number of benzene rings is 1. The van der Waals surface area contributed by atoms with Crippen LogP contribution in [0.5, 0.6) is 0 Å². The summed E-state index contributed by atoms with van der Waals surface area (Å²) in [7, 11) is 0. The number of nitrogens with zero attached hydrogens (tertiary/aromatic N) is 4. The van der Waals surface area contributed by atoms with Crippen molar-refractivity contribution in [2.45, 2.75) is 26.2 Å². The van der Waals surface area contributed by atoms with Crippen LogP contribution in [0, 0.1) is 6.92 Å². The van der Waals surface area contributed by atoms with Gasteiger partial charge in [0.05, 0.1) is 24.1 Å². The van der Waals surface area contributed by atoms with Crippen molar-refractivity contribution in [2.75, 3.05) is 6.54 Å². The van der Waals surface area contributed by atoms with E-state index in [0.29, 0.717) is 24.5 Å². The molecule has 0 unspecified atom stereocenters. The van der Waals surface area contributed by atoms with Crippen LogP contribution < -0.4 is 5.32 Å². The Morgan fingerprint density at radius 2 is 2.22 bits per heavy atom. The van der Waals surface area contributed by atoms with Gasteiger partial charge in [0, 0.05) is 42.8 Å². The molecule has 0 bridgehead atoms. The molecule has 3 aromatic rings. The van der Waals surface area contributed by atoms with Crippen molar-refractivity contribution in [1.29, 1.82) is 0 Å². The summed E-state index contributed by atoms with van der Waals surface area (Å²) in [6.07, 6.45) is 7.80. The van der Waals surface area contributed by atoms with Gasteiger partial charge in [0.2, 0.25) is 0 Å². The number of aromatic nitrogens is 4. The van der Waals surface area contributed by atoms with Crippen LogP contribution in [0.4, 0.5) is 0 Å². The van der Waals surface area contributed by atoms with Crippen LogP contribution >= 0.6 is 0 Å². The predicted octanol–water partition coefficient (Wildman–Crippen LogP) is 1.46. The second-order valence-electron chi connectivity index (χ2n) is 6.39. The Labute approximate surface area is 155 Å². The third-order valence-corrected chi connectivity index (χ3v) is 4.65. The van der Waals surface area contributed by atoms with Gasteiger partial charge < -0.3 is 15.2 Å². The highest BCUT2D eigenvalue weighted by Gasteiger charge is 2.25. The molecule has 0 saturated carbocycles. The molecule has 0 amide bonds. The minimum absolute atomic E-state index is 0.273. The SMILES string of the molecule is Cc1c([C@@H](O)CNCc2cnn(-c3cnccn3)c2)ccc2c1COC2=O. The van der Waals surface area contributed by atoms with E-state index >= 15 is 0 Å². The van der Waals surface area contributed by atoms with Gasteiger partial charge in [0.15, 0.2) is 5.82 Å². The Kier molecular flexibility index (Phi) is 4.66. The van der Waals surface area contributed by atoms with E-state index in [1.807, 2.05) is 13.1 Å². The lowest BCUT2D eigenvalue weighted by atomic mass is 9.95. The zero-order valence-corrected chi connectivity index (χ0v) is 14.8. The Bertz CT molecular complexity index is 971. The molecule has 0 radical (unpaired) electrons. The number of carbonyl (C=O) groups excluding carboxylic acids is 1.